The van der Waals surface area contributed by atoms with Gasteiger partial charge in [-0.15, -0.1) is 0 Å². The van der Waals surface area contributed by atoms with Crippen molar-refractivity contribution in [1.29, 1.82) is 0 Å². The Morgan fingerprint density at radius 3 is 1.20 bits per heavy atom. The third-order valence-electron chi connectivity index (χ3n) is 17.1. The van der Waals surface area contributed by atoms with Crippen molar-refractivity contribution in [3.8, 4) is 58.0 Å². The average molecular weight is 1570 g/mol. The zero-order valence-electron chi connectivity index (χ0n) is 63.6. The zero-order chi connectivity index (χ0) is 80.0. The van der Waals surface area contributed by atoms with Crippen molar-refractivity contribution >= 4 is 82.5 Å². The van der Waals surface area contributed by atoms with Gasteiger partial charge in [0.25, 0.3) is 5.92 Å². The fourth-order valence-electron chi connectivity index (χ4n) is 11.0. The van der Waals surface area contributed by atoms with Crippen LogP contribution in [0.15, 0.2) is 158 Å². The smallest absolute Gasteiger partial charge is 0.251 e. The lowest BCUT2D eigenvalue weighted by Gasteiger charge is -2.31. The first-order valence-electron chi connectivity index (χ1n) is 36.7. The Hall–Kier alpha value is -10.5. The molecule has 3 aliphatic rings. The van der Waals surface area contributed by atoms with Crippen LogP contribution in [0.25, 0.3) is 24.3 Å². The first-order chi connectivity index (χ1) is 53.1. The van der Waals surface area contributed by atoms with Crippen LogP contribution >= 0.6 is 23.2 Å². The van der Waals surface area contributed by atoms with Gasteiger partial charge in [-0.3, -0.25) is 0 Å². The molecule has 1 saturated carbocycles. The number of Topliss-reactive ketones (excluding diaryl/α,β-unsaturated/α-hetero) is 4. The number of ketones is 4. The van der Waals surface area contributed by atoms with Gasteiger partial charge in [0.05, 0.1) is 48.0 Å². The molecule has 2 aromatic carbocycles. The predicted molar refractivity (Wildman–Crippen MR) is 420 cm³/mol. The van der Waals surface area contributed by atoms with Crippen LogP contribution in [-0.2, 0) is 19.2 Å². The van der Waals surface area contributed by atoms with E-state index in [0.29, 0.717) is 149 Å². The molecule has 4 atom stereocenters. The Morgan fingerprint density at radius 2 is 0.847 bits per heavy atom. The minimum atomic E-state index is -2.60. The second-order valence-corrected chi connectivity index (χ2v) is 28.4. The van der Waals surface area contributed by atoms with Gasteiger partial charge >= 0.3 is 0 Å². The Labute approximate surface area is 654 Å². The number of ether oxygens (including phenoxy) is 6. The van der Waals surface area contributed by atoms with Crippen molar-refractivity contribution in [2.24, 2.45) is 29.6 Å². The van der Waals surface area contributed by atoms with Gasteiger partial charge in [-0.25, -0.2) is 61.8 Å². The largest absolute Gasteiger partial charge is 0.494 e. The molecule has 3 fully saturated rings. The van der Waals surface area contributed by atoms with Gasteiger partial charge in [0.2, 0.25) is 35.4 Å². The highest BCUT2D eigenvalue weighted by molar-refractivity contribution is 6.32. The van der Waals surface area contributed by atoms with Crippen LogP contribution in [0.3, 0.4) is 0 Å². The molecular weight excluding hydrogens is 1470 g/mol. The lowest BCUT2D eigenvalue weighted by atomic mass is 10.0. The van der Waals surface area contributed by atoms with Gasteiger partial charge in [0, 0.05) is 138 Å². The fourth-order valence-corrected chi connectivity index (χ4v) is 11.4. The minimum Gasteiger partial charge on any atom is -0.494 e. The van der Waals surface area contributed by atoms with Gasteiger partial charge < -0.3 is 57.4 Å². The number of anilines is 2. The fraction of sp³-hybridized carbons (Fsp3) is 0.381. The van der Waals surface area contributed by atoms with Crippen molar-refractivity contribution in [3.63, 3.8) is 0 Å². The Kier molecular flexibility index (Phi) is 33.5. The quantitative estimate of drug-likeness (QED) is 0.0367. The van der Waals surface area contributed by atoms with Crippen LogP contribution in [0.2, 0.25) is 10.0 Å². The van der Waals surface area contributed by atoms with Crippen LogP contribution in [0.1, 0.15) is 149 Å². The summed E-state index contributed by atoms with van der Waals surface area (Å²) in [5.41, 5.74) is 3.02. The topological polar surface area (TPSA) is 233 Å². The number of pyridine rings is 4. The van der Waals surface area contributed by atoms with Crippen molar-refractivity contribution in [2.45, 2.75) is 139 Å². The monoisotopic (exact) mass is 1570 g/mol. The molecule has 11 rings (SSSR count). The number of carbonyl (C=O) groups is 4. The van der Waals surface area contributed by atoms with E-state index < -0.39 is 23.9 Å². The van der Waals surface area contributed by atoms with Crippen molar-refractivity contribution in [1.82, 2.24) is 39.9 Å². The van der Waals surface area contributed by atoms with Gasteiger partial charge in [-0.2, -0.15) is 0 Å². The number of carbonyl (C=O) groups excluding carboxylic acids is 4. The lowest BCUT2D eigenvalue weighted by Crippen LogP contribution is -2.40. The van der Waals surface area contributed by atoms with E-state index in [1.165, 1.54) is 63.6 Å². The van der Waals surface area contributed by atoms with E-state index >= 15 is 0 Å². The number of alkyl halides is 3. The third-order valence-corrected chi connectivity index (χ3v) is 17.7. The Bertz CT molecular complexity index is 4430. The summed E-state index contributed by atoms with van der Waals surface area (Å²) >= 11 is 12.4. The van der Waals surface area contributed by atoms with Crippen LogP contribution in [0, 0.1) is 29.6 Å². The number of halogens is 7. The number of piperidine rings is 2. The third kappa shape index (κ3) is 31.0. The molecule has 2 aliphatic heterocycles. The van der Waals surface area contributed by atoms with Crippen LogP contribution in [0.5, 0.6) is 58.0 Å². The molecule has 20 nitrogen and oxygen atoms in total. The number of allylic oxidation sites excluding steroid dienone is 4. The highest BCUT2D eigenvalue weighted by Gasteiger charge is 2.35. The second kappa shape index (κ2) is 43.2. The maximum atomic E-state index is 14.1. The zero-order valence-corrected chi connectivity index (χ0v) is 65.2. The molecule has 2 saturated heterocycles. The van der Waals surface area contributed by atoms with Crippen molar-refractivity contribution in [2.75, 3.05) is 49.2 Å². The molecule has 2 unspecified atom stereocenters. The number of benzene rings is 2. The number of hydrogen-bond donors (Lipinski definition) is 0. The van der Waals surface area contributed by atoms with Gasteiger partial charge in [-0.05, 0) is 161 Å². The Morgan fingerprint density at radius 1 is 0.477 bits per heavy atom. The van der Waals surface area contributed by atoms with E-state index in [0.717, 1.165) is 11.1 Å². The minimum absolute atomic E-state index is 0.0428. The average Bonchev–Trinajstić information content (AvgIpc) is 1.34. The van der Waals surface area contributed by atoms with Crippen molar-refractivity contribution in [3.05, 3.63) is 191 Å². The van der Waals surface area contributed by atoms with Crippen molar-refractivity contribution < 1.29 is 69.6 Å². The van der Waals surface area contributed by atoms with Gasteiger partial charge in [0.15, 0.2) is 11.5 Å². The molecule has 588 valence electrons. The standard InChI is InChI=1S/C22H23ClFNO3.C21H24F2N4O2.C21H25FN4O2.C20H21ClFNO3/c1-14(9-15(2)26)20(24)10-17-5-8-22(25-12-17)28-21-7-6-18(11-19(21)23)27-13-16-3-4-16;1-15(11-16(2)28)3-4-17-5-6-19(24-12-17)29-18-13-25-20(26-14-18)27-9-7-21(22,23)8-10-27;1-15(11-16(2)27)3-4-17-5-6-20(23-12-17)28-19-13-24-21(25-14-19)26-9-7-18(22)8-10-26;1-4-25-16-6-7-19(17(21)11-16)26-20-8-5-15(12-23-20)10-18(22)13(2)9-14(3)24/h5-8,10-12,14,16H,3-4,9,13H2,1-2H3;3-6,12-15H,7-11H2,1-2H3;3-6,12-15,18H,7-11H2,1-2H3;5-8,10-13H,4,9H2,1-3H3/b20-10-;2*4-3+;18-10-/t;2*15-;/m.00./s1. The van der Waals surface area contributed by atoms with E-state index in [1.807, 2.05) is 68.2 Å². The van der Waals surface area contributed by atoms with Gasteiger partial charge in [-0.1, -0.05) is 75.2 Å². The van der Waals surface area contributed by atoms with Crippen LogP contribution in [0.4, 0.5) is 33.8 Å². The molecule has 27 heteroatoms. The van der Waals surface area contributed by atoms with E-state index in [1.54, 1.807) is 124 Å². The SMILES string of the molecule is CC(=O)CC(C)/C(F)=C/c1ccc(Oc2ccc(OCC3CC3)cc2Cl)nc1.CC(=O)C[C@@H](C)/C=C/c1ccc(Oc2cnc(N3CCC(F)(F)CC3)nc2)nc1.CC(=O)C[C@@H](C)/C=C/c1ccc(Oc2cnc(N3CCC(F)CC3)nc2)nc1.CCOc1ccc(Oc2ccc(/C=C(\F)C(C)CC(C)=O)cn2)c(Cl)c1. The molecule has 0 amide bonds. The second-order valence-electron chi connectivity index (χ2n) is 27.6. The normalized spacial score (nSPS) is 15.4. The van der Waals surface area contributed by atoms with E-state index in [9.17, 15) is 41.1 Å². The number of hydrogen-bond acceptors (Lipinski definition) is 20. The molecule has 0 N–H and O–H groups in total. The molecule has 1 aliphatic carbocycles. The summed E-state index contributed by atoms with van der Waals surface area (Å²) in [5, 5.41) is 0.842. The summed E-state index contributed by atoms with van der Waals surface area (Å²) in [7, 11) is 0. The summed E-state index contributed by atoms with van der Waals surface area (Å²) < 4.78 is 102. The highest BCUT2D eigenvalue weighted by Crippen LogP contribution is 2.37. The summed E-state index contributed by atoms with van der Waals surface area (Å²) in [4.78, 5) is 82.1. The van der Waals surface area contributed by atoms with E-state index in [-0.39, 0.29) is 85.4 Å². The number of aromatic nitrogens is 8. The molecule has 111 heavy (non-hydrogen) atoms. The maximum Gasteiger partial charge on any atom is 0.251 e. The predicted octanol–water partition coefficient (Wildman–Crippen LogP) is 20.9. The molecule has 0 bridgehead atoms. The number of rotatable bonds is 31. The lowest BCUT2D eigenvalue weighted by molar-refractivity contribution is -0.118. The van der Waals surface area contributed by atoms with E-state index in [2.05, 4.69) is 39.9 Å². The van der Waals surface area contributed by atoms with Crippen LogP contribution < -0.4 is 38.2 Å². The first kappa shape index (κ1) is 86.1. The molecule has 0 spiro atoms. The first-order valence-corrected chi connectivity index (χ1v) is 37.5. The summed E-state index contributed by atoms with van der Waals surface area (Å²) in [6.45, 7) is 18.3. The summed E-state index contributed by atoms with van der Waals surface area (Å²) in [6.07, 6.45) is 27.0. The van der Waals surface area contributed by atoms with Crippen LogP contribution in [-0.4, -0.2) is 114 Å². The maximum absolute atomic E-state index is 14.1. The Balaban J connectivity index is 0.000000186. The number of nitrogens with zero attached hydrogens (tertiary/aromatic N) is 10. The summed E-state index contributed by atoms with van der Waals surface area (Å²) in [6, 6.07) is 24.3. The molecule has 8 heterocycles. The molecule has 6 aromatic heterocycles. The molecule has 8 aromatic rings. The summed E-state index contributed by atoms with van der Waals surface area (Å²) in [5.74, 6) is 2.83. The highest BCUT2D eigenvalue weighted by atomic mass is 35.5. The molecule has 0 radical (unpaired) electrons. The van der Waals surface area contributed by atoms with Gasteiger partial charge in [0.1, 0.15) is 64.0 Å². The molecular formula is C84H93Cl2F5N10O10. The van der Waals surface area contributed by atoms with E-state index in [4.69, 9.17) is 51.6 Å².